The van der Waals surface area contributed by atoms with Crippen LogP contribution in [0.2, 0.25) is 5.02 Å². The van der Waals surface area contributed by atoms with Crippen LogP contribution in [0.15, 0.2) is 24.3 Å². The molecule has 0 bridgehead atoms. The number of hydrogen-bond acceptors (Lipinski definition) is 5. The van der Waals surface area contributed by atoms with Crippen LogP contribution >= 0.6 is 11.6 Å². The van der Waals surface area contributed by atoms with Crippen LogP contribution < -0.4 is 10.1 Å². The summed E-state index contributed by atoms with van der Waals surface area (Å²) in [6, 6.07) is 5.73. The Morgan fingerprint density at radius 1 is 1.45 bits per heavy atom. The summed E-state index contributed by atoms with van der Waals surface area (Å²) < 4.78 is 9.77. The molecular formula is C13H16ClNO5. The molecule has 0 aromatic heterocycles. The number of rotatable bonds is 7. The van der Waals surface area contributed by atoms with Crippen LogP contribution in [0.3, 0.4) is 0 Å². The second kappa shape index (κ2) is 8.39. The number of hydrogen-bond donors (Lipinski definition) is 2. The number of methoxy groups -OCH3 is 1. The van der Waals surface area contributed by atoms with Gasteiger partial charge in [-0.1, -0.05) is 17.7 Å². The summed E-state index contributed by atoms with van der Waals surface area (Å²) in [5.74, 6) is -0.565. The van der Waals surface area contributed by atoms with Crippen molar-refractivity contribution in [2.45, 2.75) is 12.5 Å². The van der Waals surface area contributed by atoms with Gasteiger partial charge in [0.2, 0.25) is 5.91 Å². The molecule has 2 N–H and O–H groups in total. The van der Waals surface area contributed by atoms with E-state index in [9.17, 15) is 9.59 Å². The highest BCUT2D eigenvalue weighted by Crippen LogP contribution is 2.17. The largest absolute Gasteiger partial charge is 0.493 e. The lowest BCUT2D eigenvalue weighted by atomic mass is 10.3. The van der Waals surface area contributed by atoms with E-state index in [0.29, 0.717) is 10.8 Å². The molecule has 1 aromatic rings. The van der Waals surface area contributed by atoms with E-state index in [4.69, 9.17) is 21.4 Å². The van der Waals surface area contributed by atoms with Crippen LogP contribution in [0.25, 0.3) is 0 Å². The SMILES string of the molecule is COC(=O)C(CO)NC(=O)CCOc1cccc(Cl)c1. The molecule has 6 nitrogen and oxygen atoms in total. The molecule has 110 valence electrons. The Hall–Kier alpha value is -1.79. The maximum absolute atomic E-state index is 11.6. The van der Waals surface area contributed by atoms with Crippen molar-refractivity contribution in [1.29, 1.82) is 0 Å². The highest BCUT2D eigenvalue weighted by Gasteiger charge is 2.20. The fraction of sp³-hybridized carbons (Fsp3) is 0.385. The maximum Gasteiger partial charge on any atom is 0.330 e. The molecule has 1 aromatic carbocycles. The molecule has 0 aliphatic rings. The number of halogens is 1. The minimum atomic E-state index is -1.06. The Kier molecular flexibility index (Phi) is 6.83. The first-order chi connectivity index (χ1) is 9.56. The summed E-state index contributed by atoms with van der Waals surface area (Å²) in [7, 11) is 1.18. The third-order valence-corrected chi connectivity index (χ3v) is 2.63. The van der Waals surface area contributed by atoms with Gasteiger partial charge in [-0.25, -0.2) is 4.79 Å². The summed E-state index contributed by atoms with van der Waals surface area (Å²) in [5.41, 5.74) is 0. The maximum atomic E-state index is 11.6. The Balaban J connectivity index is 2.34. The summed E-state index contributed by atoms with van der Waals surface area (Å²) >= 11 is 5.79. The van der Waals surface area contributed by atoms with Crippen molar-refractivity contribution in [2.24, 2.45) is 0 Å². The normalized spacial score (nSPS) is 11.6. The van der Waals surface area contributed by atoms with Crippen LogP contribution in [0.1, 0.15) is 6.42 Å². The standard InChI is InChI=1S/C13H16ClNO5/c1-19-13(18)11(8-16)15-12(17)5-6-20-10-4-2-3-9(14)7-10/h2-4,7,11,16H,5-6,8H2,1H3,(H,15,17). The smallest absolute Gasteiger partial charge is 0.330 e. The molecule has 1 atom stereocenters. The second-order valence-corrected chi connectivity index (χ2v) is 4.32. The van der Waals surface area contributed by atoms with E-state index < -0.39 is 24.5 Å². The third-order valence-electron chi connectivity index (χ3n) is 2.40. The molecule has 0 radical (unpaired) electrons. The Morgan fingerprint density at radius 2 is 2.20 bits per heavy atom. The summed E-state index contributed by atoms with van der Waals surface area (Å²) in [6.45, 7) is -0.390. The highest BCUT2D eigenvalue weighted by molar-refractivity contribution is 6.30. The average Bonchev–Trinajstić information content (AvgIpc) is 2.44. The molecule has 0 fully saturated rings. The van der Waals surface area contributed by atoms with Crippen molar-refractivity contribution in [3.05, 3.63) is 29.3 Å². The predicted molar refractivity (Wildman–Crippen MR) is 72.6 cm³/mol. The Bertz CT molecular complexity index is 466. The lowest BCUT2D eigenvalue weighted by molar-refractivity contribution is -0.146. The zero-order valence-electron chi connectivity index (χ0n) is 11.0. The molecule has 1 amide bonds. The Labute approximate surface area is 121 Å². The summed E-state index contributed by atoms with van der Waals surface area (Å²) in [6.07, 6.45) is 0.0417. The minimum Gasteiger partial charge on any atom is -0.493 e. The van der Waals surface area contributed by atoms with Crippen molar-refractivity contribution in [3.63, 3.8) is 0 Å². The lowest BCUT2D eigenvalue weighted by Gasteiger charge is -2.14. The van der Waals surface area contributed by atoms with E-state index in [2.05, 4.69) is 10.1 Å². The molecule has 1 rings (SSSR count). The lowest BCUT2D eigenvalue weighted by Crippen LogP contribution is -2.44. The molecule has 0 saturated carbocycles. The first-order valence-electron chi connectivity index (χ1n) is 5.93. The van der Waals surface area contributed by atoms with Gasteiger partial charge in [0.05, 0.1) is 26.7 Å². The molecule has 0 heterocycles. The van der Waals surface area contributed by atoms with Crippen LogP contribution in [-0.2, 0) is 14.3 Å². The van der Waals surface area contributed by atoms with Gasteiger partial charge in [0, 0.05) is 5.02 Å². The van der Waals surface area contributed by atoms with E-state index in [1.54, 1.807) is 24.3 Å². The van der Waals surface area contributed by atoms with Gasteiger partial charge in [-0.15, -0.1) is 0 Å². The number of nitrogens with one attached hydrogen (secondary N) is 1. The van der Waals surface area contributed by atoms with E-state index in [-0.39, 0.29) is 13.0 Å². The molecule has 1 unspecified atom stereocenters. The zero-order chi connectivity index (χ0) is 15.0. The van der Waals surface area contributed by atoms with Gasteiger partial charge >= 0.3 is 5.97 Å². The zero-order valence-corrected chi connectivity index (χ0v) is 11.7. The number of carbonyl (C=O) groups is 2. The molecule has 7 heteroatoms. The predicted octanol–water partition coefficient (Wildman–Crippen LogP) is 0.759. The van der Waals surface area contributed by atoms with Crippen molar-refractivity contribution in [2.75, 3.05) is 20.3 Å². The number of carbonyl (C=O) groups excluding carboxylic acids is 2. The fourth-order valence-electron chi connectivity index (χ4n) is 1.41. The van der Waals surface area contributed by atoms with Crippen molar-refractivity contribution in [1.82, 2.24) is 5.32 Å². The molecule has 0 spiro atoms. The second-order valence-electron chi connectivity index (χ2n) is 3.88. The number of amides is 1. The fourth-order valence-corrected chi connectivity index (χ4v) is 1.59. The van der Waals surface area contributed by atoms with E-state index >= 15 is 0 Å². The summed E-state index contributed by atoms with van der Waals surface area (Å²) in [5, 5.41) is 11.8. The van der Waals surface area contributed by atoms with E-state index in [1.165, 1.54) is 7.11 Å². The van der Waals surface area contributed by atoms with Crippen LogP contribution in [0, 0.1) is 0 Å². The van der Waals surface area contributed by atoms with Gasteiger partial charge in [0.25, 0.3) is 0 Å². The van der Waals surface area contributed by atoms with Crippen LogP contribution in [-0.4, -0.2) is 43.3 Å². The minimum absolute atomic E-state index is 0.0417. The van der Waals surface area contributed by atoms with Crippen molar-refractivity contribution in [3.8, 4) is 5.75 Å². The number of aliphatic hydroxyl groups excluding tert-OH is 1. The van der Waals surface area contributed by atoms with Crippen molar-refractivity contribution < 1.29 is 24.2 Å². The third kappa shape index (κ3) is 5.46. The number of aliphatic hydroxyl groups is 1. The van der Waals surface area contributed by atoms with Crippen LogP contribution in [0.5, 0.6) is 5.75 Å². The molecule has 20 heavy (non-hydrogen) atoms. The quantitative estimate of drug-likeness (QED) is 0.726. The molecule has 0 aliphatic heterocycles. The highest BCUT2D eigenvalue weighted by atomic mass is 35.5. The van der Waals surface area contributed by atoms with Gasteiger partial charge in [-0.05, 0) is 18.2 Å². The average molecular weight is 302 g/mol. The van der Waals surface area contributed by atoms with E-state index in [1.807, 2.05) is 0 Å². The topological polar surface area (TPSA) is 84.9 Å². The van der Waals surface area contributed by atoms with Gasteiger partial charge in [-0.3, -0.25) is 4.79 Å². The molecule has 0 aliphatic carbocycles. The monoisotopic (exact) mass is 301 g/mol. The van der Waals surface area contributed by atoms with Crippen LogP contribution in [0.4, 0.5) is 0 Å². The summed E-state index contributed by atoms with van der Waals surface area (Å²) in [4.78, 5) is 22.7. The number of esters is 1. The van der Waals surface area contributed by atoms with Gasteiger partial charge in [0.1, 0.15) is 5.75 Å². The van der Waals surface area contributed by atoms with Gasteiger partial charge in [-0.2, -0.15) is 0 Å². The van der Waals surface area contributed by atoms with Gasteiger partial charge in [0.15, 0.2) is 6.04 Å². The first-order valence-corrected chi connectivity index (χ1v) is 6.31. The Morgan fingerprint density at radius 3 is 2.80 bits per heavy atom. The van der Waals surface area contributed by atoms with E-state index in [0.717, 1.165) is 0 Å². The van der Waals surface area contributed by atoms with Gasteiger partial charge < -0.3 is 19.9 Å². The number of ether oxygens (including phenoxy) is 2. The first kappa shape index (κ1) is 16.3. The molecular weight excluding hydrogens is 286 g/mol. The van der Waals surface area contributed by atoms with Crippen molar-refractivity contribution >= 4 is 23.5 Å². The molecule has 0 saturated heterocycles. The number of benzene rings is 1.